The molecule has 0 radical (unpaired) electrons. The summed E-state index contributed by atoms with van der Waals surface area (Å²) >= 11 is 6.20. The number of hydrogen-bond acceptors (Lipinski definition) is 4. The minimum Gasteiger partial charge on any atom is -0.469 e. The minimum absolute atomic E-state index is 0.0479. The molecule has 5 nitrogen and oxygen atoms in total. The lowest BCUT2D eigenvalue weighted by Gasteiger charge is -2.12. The predicted octanol–water partition coefficient (Wildman–Crippen LogP) is 3.98. The van der Waals surface area contributed by atoms with Gasteiger partial charge < -0.3 is 4.74 Å². The van der Waals surface area contributed by atoms with E-state index in [2.05, 4.69) is 9.98 Å². The lowest BCUT2D eigenvalue weighted by atomic mass is 10.00. The van der Waals surface area contributed by atoms with Crippen molar-refractivity contribution in [3.05, 3.63) is 76.5 Å². The zero-order valence-electron chi connectivity index (χ0n) is 14.4. The second-order valence-electron chi connectivity index (χ2n) is 6.16. The van der Waals surface area contributed by atoms with Crippen molar-refractivity contribution in [1.29, 1.82) is 0 Å². The highest BCUT2D eigenvalue weighted by atomic mass is 35.5. The van der Waals surface area contributed by atoms with E-state index in [1.165, 1.54) is 13.0 Å². The fourth-order valence-corrected chi connectivity index (χ4v) is 3.16. The van der Waals surface area contributed by atoms with E-state index in [1.807, 2.05) is 10.6 Å². The number of carbonyl (C=O) groups excluding carboxylic acids is 1. The van der Waals surface area contributed by atoms with E-state index >= 15 is 0 Å². The van der Waals surface area contributed by atoms with Crippen molar-refractivity contribution in [2.45, 2.75) is 13.5 Å². The van der Waals surface area contributed by atoms with Crippen molar-refractivity contribution in [3.8, 4) is 11.6 Å². The molecule has 0 atom stereocenters. The number of imidazole rings is 1. The van der Waals surface area contributed by atoms with Gasteiger partial charge >= 0.3 is 0 Å². The molecule has 0 unspecified atom stereocenters. The summed E-state index contributed by atoms with van der Waals surface area (Å²) in [4.78, 5) is 20.2. The molecule has 27 heavy (non-hydrogen) atoms. The van der Waals surface area contributed by atoms with E-state index in [1.54, 1.807) is 36.5 Å². The highest BCUT2D eigenvalue weighted by Crippen LogP contribution is 2.29. The van der Waals surface area contributed by atoms with Crippen LogP contribution in [0.2, 0.25) is 5.02 Å². The van der Waals surface area contributed by atoms with Crippen LogP contribution in [0.25, 0.3) is 5.69 Å². The van der Waals surface area contributed by atoms with E-state index in [-0.39, 0.29) is 24.8 Å². The maximum Gasteiger partial charge on any atom is 0.232 e. The molecule has 3 aromatic rings. The first kappa shape index (κ1) is 17.4. The van der Waals surface area contributed by atoms with Crippen LogP contribution in [0.3, 0.4) is 0 Å². The molecule has 0 fully saturated rings. The summed E-state index contributed by atoms with van der Waals surface area (Å²) in [5, 5.41) is 0.523. The zero-order valence-corrected chi connectivity index (χ0v) is 15.2. The number of rotatable bonds is 4. The number of carbonyl (C=O) groups is 1. The molecule has 1 aliphatic heterocycles. The largest absolute Gasteiger partial charge is 0.469 e. The summed E-state index contributed by atoms with van der Waals surface area (Å²) in [6.45, 7) is 1.64. The van der Waals surface area contributed by atoms with Crippen molar-refractivity contribution in [2.75, 3.05) is 6.61 Å². The maximum absolute atomic E-state index is 14.4. The molecule has 0 amide bonds. The predicted molar refractivity (Wildman–Crippen MR) is 100 cm³/mol. The van der Waals surface area contributed by atoms with E-state index in [9.17, 15) is 9.18 Å². The first-order valence-electron chi connectivity index (χ1n) is 8.33. The van der Waals surface area contributed by atoms with Crippen LogP contribution in [0.1, 0.15) is 23.9 Å². The molecule has 0 saturated heterocycles. The van der Waals surface area contributed by atoms with Gasteiger partial charge in [-0.05, 0) is 37.3 Å². The third kappa shape index (κ3) is 3.36. The van der Waals surface area contributed by atoms with Crippen LogP contribution in [-0.2, 0) is 11.3 Å². The lowest BCUT2D eigenvalue weighted by Crippen LogP contribution is -2.09. The Balaban J connectivity index is 1.85. The summed E-state index contributed by atoms with van der Waals surface area (Å²) < 4.78 is 21.7. The van der Waals surface area contributed by atoms with Crippen LogP contribution in [-0.4, -0.2) is 27.7 Å². The Morgan fingerprint density at radius 1 is 1.26 bits per heavy atom. The first-order valence-corrected chi connectivity index (χ1v) is 8.71. The van der Waals surface area contributed by atoms with Crippen LogP contribution in [0.15, 0.2) is 53.7 Å². The molecule has 1 aliphatic rings. The topological polar surface area (TPSA) is 56.5 Å². The highest BCUT2D eigenvalue weighted by Gasteiger charge is 2.22. The van der Waals surface area contributed by atoms with Gasteiger partial charge in [-0.2, -0.15) is 4.98 Å². The van der Waals surface area contributed by atoms with E-state index in [4.69, 9.17) is 16.3 Å². The van der Waals surface area contributed by atoms with Gasteiger partial charge in [0.2, 0.25) is 5.88 Å². The lowest BCUT2D eigenvalue weighted by molar-refractivity contribution is -0.119. The normalized spacial score (nSPS) is 12.6. The number of halogens is 2. The molecule has 2 heterocycles. The third-order valence-electron chi connectivity index (χ3n) is 4.16. The second kappa shape index (κ2) is 6.96. The van der Waals surface area contributed by atoms with E-state index in [0.29, 0.717) is 33.6 Å². The van der Waals surface area contributed by atoms with Gasteiger partial charge in [0.15, 0.2) is 5.78 Å². The Bertz CT molecular complexity index is 1070. The molecule has 1 aromatic heterocycles. The fraction of sp³-hybridized carbons (Fsp3) is 0.150. The second-order valence-corrected chi connectivity index (χ2v) is 6.60. The molecule has 0 aliphatic carbocycles. The number of aromatic nitrogens is 2. The van der Waals surface area contributed by atoms with Crippen LogP contribution in [0.4, 0.5) is 4.39 Å². The highest BCUT2D eigenvalue weighted by molar-refractivity contribution is 6.31. The van der Waals surface area contributed by atoms with Gasteiger partial charge in [0.05, 0.1) is 24.1 Å². The van der Waals surface area contributed by atoms with Crippen molar-refractivity contribution >= 4 is 23.1 Å². The van der Waals surface area contributed by atoms with Crippen LogP contribution in [0.5, 0.6) is 5.88 Å². The number of hydrogen-bond donors (Lipinski definition) is 0. The van der Waals surface area contributed by atoms with Gasteiger partial charge in [-0.25, -0.2) is 4.39 Å². The van der Waals surface area contributed by atoms with Crippen molar-refractivity contribution in [2.24, 2.45) is 4.99 Å². The van der Waals surface area contributed by atoms with Gasteiger partial charge in [0.25, 0.3) is 0 Å². The molecule has 0 saturated carbocycles. The van der Waals surface area contributed by atoms with Crippen LogP contribution >= 0.6 is 11.6 Å². The molecular formula is C20H15ClFN3O2. The molecule has 4 rings (SSSR count). The average molecular weight is 384 g/mol. The average Bonchev–Trinajstić information content (AvgIpc) is 2.99. The van der Waals surface area contributed by atoms with Gasteiger partial charge in [0.1, 0.15) is 18.2 Å². The first-order chi connectivity index (χ1) is 13.0. The van der Waals surface area contributed by atoms with Gasteiger partial charge in [-0.1, -0.05) is 23.7 Å². The van der Waals surface area contributed by atoms with Crippen molar-refractivity contribution in [3.63, 3.8) is 0 Å². The van der Waals surface area contributed by atoms with Crippen LogP contribution < -0.4 is 4.74 Å². The summed E-state index contributed by atoms with van der Waals surface area (Å²) in [6, 6.07) is 11.8. The zero-order chi connectivity index (χ0) is 19.0. The Kier molecular flexibility index (Phi) is 4.49. The molecule has 0 N–H and O–H groups in total. The van der Waals surface area contributed by atoms with Crippen molar-refractivity contribution in [1.82, 2.24) is 9.55 Å². The monoisotopic (exact) mass is 383 g/mol. The number of fused-ring (bicyclic) bond motifs is 3. The quantitative estimate of drug-likeness (QED) is 0.684. The minimum atomic E-state index is -0.354. The molecule has 7 heteroatoms. The summed E-state index contributed by atoms with van der Waals surface area (Å²) in [5.74, 6) is 0.520. The Morgan fingerprint density at radius 2 is 2.07 bits per heavy atom. The third-order valence-corrected chi connectivity index (χ3v) is 4.40. The molecule has 2 aromatic carbocycles. The number of nitrogens with zero attached hydrogens (tertiary/aromatic N) is 3. The Morgan fingerprint density at radius 3 is 2.85 bits per heavy atom. The molecule has 136 valence electrons. The Hall–Kier alpha value is -2.99. The van der Waals surface area contributed by atoms with Gasteiger partial charge in [-0.3, -0.25) is 14.4 Å². The van der Waals surface area contributed by atoms with Crippen molar-refractivity contribution < 1.29 is 13.9 Å². The number of aliphatic imine (C=N–C) groups is 1. The number of ether oxygens (including phenoxy) is 1. The van der Waals surface area contributed by atoms with Gasteiger partial charge in [0, 0.05) is 16.1 Å². The number of ketones is 1. The Labute approximate surface area is 160 Å². The van der Waals surface area contributed by atoms with E-state index < -0.39 is 0 Å². The maximum atomic E-state index is 14.4. The standard InChI is InChI=1S/C20H15ClFN3O2/c1-12(26)11-27-19-10-25-17-7-6-13(21)8-15(17)20(23-9-18(25)24-19)14-4-2-3-5-16(14)22/h2-8,10H,9,11H2,1H3. The van der Waals surface area contributed by atoms with E-state index in [0.717, 1.165) is 5.69 Å². The summed E-state index contributed by atoms with van der Waals surface area (Å²) in [6.07, 6.45) is 1.70. The molecular weight excluding hydrogens is 369 g/mol. The number of benzene rings is 2. The summed E-state index contributed by atoms with van der Waals surface area (Å²) in [5.41, 5.74) is 2.38. The smallest absolute Gasteiger partial charge is 0.232 e. The van der Waals surface area contributed by atoms with Gasteiger partial charge in [-0.15, -0.1) is 0 Å². The molecule has 0 spiro atoms. The fourth-order valence-electron chi connectivity index (χ4n) is 2.99. The summed E-state index contributed by atoms with van der Waals surface area (Å²) in [7, 11) is 0. The molecule has 0 bridgehead atoms. The number of Topliss-reactive ketones (excluding diaryl/α,β-unsaturated/α-hetero) is 1. The van der Waals surface area contributed by atoms with Crippen LogP contribution in [0, 0.1) is 5.82 Å². The SMILES string of the molecule is CC(=O)COc1cn2c(n1)CN=C(c1ccccc1F)c1cc(Cl)ccc1-2.